The van der Waals surface area contributed by atoms with Crippen LogP contribution in [0, 0.1) is 0 Å². The number of hydrogen-bond donors (Lipinski definition) is 2. The first-order valence-electron chi connectivity index (χ1n) is 8.14. The molecule has 1 amide bonds. The molecule has 1 saturated heterocycles. The Morgan fingerprint density at radius 3 is 2.91 bits per heavy atom. The van der Waals surface area contributed by atoms with Gasteiger partial charge in [-0.3, -0.25) is 4.79 Å². The fourth-order valence-corrected chi connectivity index (χ4v) is 3.80. The highest BCUT2D eigenvalue weighted by Gasteiger charge is 2.41. The van der Waals surface area contributed by atoms with Crippen molar-refractivity contribution in [3.05, 3.63) is 30.1 Å². The molecule has 5 heteroatoms. The van der Waals surface area contributed by atoms with E-state index in [1.165, 1.54) is 19.3 Å². The highest BCUT2D eigenvalue weighted by Crippen LogP contribution is 2.39. The molecule has 1 aromatic heterocycles. The van der Waals surface area contributed by atoms with E-state index in [1.54, 1.807) is 0 Å². The lowest BCUT2D eigenvalue weighted by molar-refractivity contribution is -0.0246. The van der Waals surface area contributed by atoms with Gasteiger partial charge in [0.1, 0.15) is 0 Å². The Kier molecular flexibility index (Phi) is 3.37. The minimum Gasteiger partial charge on any atom is -0.373 e. The molecule has 2 heterocycles. The Hall–Kier alpha value is -1.88. The van der Waals surface area contributed by atoms with E-state index >= 15 is 0 Å². The van der Waals surface area contributed by atoms with Crippen molar-refractivity contribution < 1.29 is 9.53 Å². The number of carbonyl (C=O) groups excluding carboxylic acids is 1. The molecular formula is C17H21N3O2. The van der Waals surface area contributed by atoms with Gasteiger partial charge in [-0.15, -0.1) is 0 Å². The second kappa shape index (κ2) is 5.39. The topological polar surface area (TPSA) is 67.0 Å². The summed E-state index contributed by atoms with van der Waals surface area (Å²) in [5.41, 5.74) is 1.72. The number of ether oxygens (including phenoxy) is 1. The standard InChI is InChI=1S/C17H21N3O2/c21-16(15-19-13-6-2-3-7-14(13)20-15)18-12-10-17(22-11-12)8-4-1-5-9-17/h2-3,6-7,12H,1,4-5,8-11H2,(H,18,21)(H,19,20). The van der Waals surface area contributed by atoms with E-state index in [2.05, 4.69) is 15.3 Å². The van der Waals surface area contributed by atoms with Crippen molar-refractivity contribution in [2.45, 2.75) is 50.2 Å². The first-order valence-corrected chi connectivity index (χ1v) is 8.14. The Morgan fingerprint density at radius 1 is 1.27 bits per heavy atom. The molecule has 1 spiro atoms. The Bertz CT molecular complexity index is 655. The van der Waals surface area contributed by atoms with Crippen molar-refractivity contribution in [2.75, 3.05) is 6.61 Å². The number of amides is 1. The number of benzene rings is 1. The van der Waals surface area contributed by atoms with Crippen molar-refractivity contribution in [3.8, 4) is 0 Å². The van der Waals surface area contributed by atoms with Gasteiger partial charge in [-0.05, 0) is 31.4 Å². The molecule has 1 unspecified atom stereocenters. The first-order chi connectivity index (χ1) is 10.7. The van der Waals surface area contributed by atoms with Gasteiger partial charge < -0.3 is 15.0 Å². The van der Waals surface area contributed by atoms with E-state index in [1.807, 2.05) is 24.3 Å². The van der Waals surface area contributed by atoms with Crippen LogP contribution in [-0.4, -0.2) is 34.1 Å². The SMILES string of the molecule is O=C(NC1COC2(CCCCC2)C1)c1nc2ccccc2[nH]1. The normalized spacial score (nSPS) is 23.9. The van der Waals surface area contributed by atoms with Gasteiger partial charge in [-0.2, -0.15) is 0 Å². The summed E-state index contributed by atoms with van der Waals surface area (Å²) >= 11 is 0. The lowest BCUT2D eigenvalue weighted by Gasteiger charge is -2.32. The van der Waals surface area contributed by atoms with E-state index < -0.39 is 0 Å². The van der Waals surface area contributed by atoms with Gasteiger partial charge in [-0.25, -0.2) is 4.98 Å². The van der Waals surface area contributed by atoms with Crippen LogP contribution < -0.4 is 5.32 Å². The average Bonchev–Trinajstić information content (AvgIpc) is 3.13. The molecular weight excluding hydrogens is 278 g/mol. The minimum absolute atomic E-state index is 0.0179. The molecule has 1 atom stereocenters. The quantitative estimate of drug-likeness (QED) is 0.896. The summed E-state index contributed by atoms with van der Waals surface area (Å²) in [6, 6.07) is 7.77. The van der Waals surface area contributed by atoms with Gasteiger partial charge in [-0.1, -0.05) is 31.4 Å². The van der Waals surface area contributed by atoms with Crippen molar-refractivity contribution in [1.29, 1.82) is 0 Å². The minimum atomic E-state index is -0.141. The van der Waals surface area contributed by atoms with Gasteiger partial charge in [0.2, 0.25) is 0 Å². The third-order valence-electron chi connectivity index (χ3n) is 4.91. The van der Waals surface area contributed by atoms with Crippen molar-refractivity contribution in [1.82, 2.24) is 15.3 Å². The average molecular weight is 299 g/mol. The molecule has 0 bridgehead atoms. The number of carbonyl (C=O) groups is 1. The summed E-state index contributed by atoms with van der Waals surface area (Å²) in [7, 11) is 0. The lowest BCUT2D eigenvalue weighted by Crippen LogP contribution is -2.37. The molecule has 2 fully saturated rings. The van der Waals surface area contributed by atoms with Gasteiger partial charge in [0.05, 0.1) is 29.3 Å². The molecule has 1 aliphatic heterocycles. The monoisotopic (exact) mass is 299 g/mol. The molecule has 116 valence electrons. The maximum Gasteiger partial charge on any atom is 0.287 e. The molecule has 0 radical (unpaired) electrons. The van der Waals surface area contributed by atoms with Gasteiger partial charge in [0.25, 0.3) is 5.91 Å². The molecule has 2 aliphatic rings. The van der Waals surface area contributed by atoms with Crippen molar-refractivity contribution >= 4 is 16.9 Å². The summed E-state index contributed by atoms with van der Waals surface area (Å²) in [5.74, 6) is 0.239. The lowest BCUT2D eigenvalue weighted by atomic mass is 9.82. The van der Waals surface area contributed by atoms with Crippen LogP contribution in [0.5, 0.6) is 0 Å². The highest BCUT2D eigenvalue weighted by molar-refractivity contribution is 5.94. The van der Waals surface area contributed by atoms with Crippen LogP contribution in [0.4, 0.5) is 0 Å². The van der Waals surface area contributed by atoms with Crippen LogP contribution in [0.15, 0.2) is 24.3 Å². The molecule has 1 saturated carbocycles. The van der Waals surface area contributed by atoms with Crippen LogP contribution in [0.3, 0.4) is 0 Å². The predicted octanol–water partition coefficient (Wildman–Crippen LogP) is 2.78. The number of aromatic amines is 1. The molecule has 5 nitrogen and oxygen atoms in total. The Labute approximate surface area is 129 Å². The maximum absolute atomic E-state index is 12.4. The van der Waals surface area contributed by atoms with E-state index in [4.69, 9.17) is 4.74 Å². The summed E-state index contributed by atoms with van der Waals surface area (Å²) in [5, 5.41) is 3.07. The zero-order valence-electron chi connectivity index (χ0n) is 12.6. The molecule has 2 aromatic rings. The predicted molar refractivity (Wildman–Crippen MR) is 83.7 cm³/mol. The Balaban J connectivity index is 1.44. The number of H-pyrrole nitrogens is 1. The molecule has 22 heavy (non-hydrogen) atoms. The fraction of sp³-hybridized carbons (Fsp3) is 0.529. The molecule has 2 N–H and O–H groups in total. The number of rotatable bonds is 2. The zero-order valence-corrected chi connectivity index (χ0v) is 12.6. The summed E-state index contributed by atoms with van der Waals surface area (Å²) < 4.78 is 6.04. The number of fused-ring (bicyclic) bond motifs is 1. The van der Waals surface area contributed by atoms with Crippen LogP contribution in [0.2, 0.25) is 0 Å². The third-order valence-corrected chi connectivity index (χ3v) is 4.91. The number of hydrogen-bond acceptors (Lipinski definition) is 3. The maximum atomic E-state index is 12.4. The van der Waals surface area contributed by atoms with Gasteiger partial charge >= 0.3 is 0 Å². The Morgan fingerprint density at radius 2 is 2.09 bits per heavy atom. The second-order valence-corrected chi connectivity index (χ2v) is 6.53. The second-order valence-electron chi connectivity index (χ2n) is 6.53. The fourth-order valence-electron chi connectivity index (χ4n) is 3.80. The number of aromatic nitrogens is 2. The van der Waals surface area contributed by atoms with E-state index in [0.29, 0.717) is 12.4 Å². The van der Waals surface area contributed by atoms with Crippen molar-refractivity contribution in [3.63, 3.8) is 0 Å². The smallest absolute Gasteiger partial charge is 0.287 e. The summed E-state index contributed by atoms with van der Waals surface area (Å²) in [6.07, 6.45) is 6.97. The van der Waals surface area contributed by atoms with Crippen LogP contribution in [0.25, 0.3) is 11.0 Å². The molecule has 1 aromatic carbocycles. The van der Waals surface area contributed by atoms with E-state index in [-0.39, 0.29) is 17.6 Å². The highest BCUT2D eigenvalue weighted by atomic mass is 16.5. The number of para-hydroxylation sites is 2. The van der Waals surface area contributed by atoms with Crippen LogP contribution >= 0.6 is 0 Å². The van der Waals surface area contributed by atoms with E-state index in [0.717, 1.165) is 30.3 Å². The van der Waals surface area contributed by atoms with E-state index in [9.17, 15) is 4.79 Å². The molecule has 4 rings (SSSR count). The summed E-state index contributed by atoms with van der Waals surface area (Å²) in [6.45, 7) is 0.617. The van der Waals surface area contributed by atoms with Crippen molar-refractivity contribution in [2.24, 2.45) is 0 Å². The van der Waals surface area contributed by atoms with Gasteiger partial charge in [0, 0.05) is 0 Å². The zero-order chi connectivity index (χ0) is 15.0. The number of nitrogens with one attached hydrogen (secondary N) is 2. The number of imidazole rings is 1. The van der Waals surface area contributed by atoms with Gasteiger partial charge in [0.15, 0.2) is 5.82 Å². The summed E-state index contributed by atoms with van der Waals surface area (Å²) in [4.78, 5) is 19.8. The first kappa shape index (κ1) is 13.8. The van der Waals surface area contributed by atoms with Crippen LogP contribution in [-0.2, 0) is 4.74 Å². The van der Waals surface area contributed by atoms with Crippen LogP contribution in [0.1, 0.15) is 49.1 Å². The third kappa shape index (κ3) is 2.50. The molecule has 1 aliphatic carbocycles. The number of nitrogens with zero attached hydrogens (tertiary/aromatic N) is 1. The largest absolute Gasteiger partial charge is 0.373 e.